The Morgan fingerprint density at radius 3 is 2.63 bits per heavy atom. The second-order valence-corrected chi connectivity index (χ2v) is 5.85. The molecule has 1 atom stereocenters. The molecular weight excluding hydrogens is 250 g/mol. The largest absolute Gasteiger partial charge is 0.324 e. The summed E-state index contributed by atoms with van der Waals surface area (Å²) in [5.41, 5.74) is 10.1. The van der Waals surface area contributed by atoms with Crippen LogP contribution in [-0.2, 0) is 5.75 Å². The Kier molecular flexibility index (Phi) is 5.06. The highest BCUT2D eigenvalue weighted by Crippen LogP contribution is 2.30. The smallest absolute Gasteiger partial charge is 0.0303 e. The van der Waals surface area contributed by atoms with Crippen LogP contribution in [0.25, 0.3) is 0 Å². The van der Waals surface area contributed by atoms with Gasteiger partial charge in [0.1, 0.15) is 0 Å². The normalized spacial score (nSPS) is 12.4. The highest BCUT2D eigenvalue weighted by molar-refractivity contribution is 7.98. The van der Waals surface area contributed by atoms with Gasteiger partial charge in [-0.25, -0.2) is 0 Å². The van der Waals surface area contributed by atoms with Crippen molar-refractivity contribution in [1.29, 1.82) is 0 Å². The van der Waals surface area contributed by atoms with Crippen LogP contribution in [0, 0.1) is 6.92 Å². The van der Waals surface area contributed by atoms with Gasteiger partial charge >= 0.3 is 0 Å². The first-order valence-corrected chi connectivity index (χ1v) is 7.72. The Labute approximate surface area is 120 Å². The Balaban J connectivity index is 2.11. The van der Waals surface area contributed by atoms with E-state index in [0.717, 1.165) is 12.2 Å². The van der Waals surface area contributed by atoms with Crippen LogP contribution in [0.15, 0.2) is 53.4 Å². The minimum absolute atomic E-state index is 0.140. The van der Waals surface area contributed by atoms with Crippen LogP contribution in [0.3, 0.4) is 0 Å². The molecule has 1 unspecified atom stereocenters. The third-order valence-corrected chi connectivity index (χ3v) is 4.40. The number of hydrogen-bond acceptors (Lipinski definition) is 2. The van der Waals surface area contributed by atoms with Crippen molar-refractivity contribution in [2.24, 2.45) is 5.73 Å². The van der Waals surface area contributed by atoms with Crippen molar-refractivity contribution < 1.29 is 0 Å². The van der Waals surface area contributed by atoms with Crippen LogP contribution >= 0.6 is 11.8 Å². The van der Waals surface area contributed by atoms with Gasteiger partial charge in [-0.3, -0.25) is 0 Å². The van der Waals surface area contributed by atoms with E-state index < -0.39 is 0 Å². The number of hydrogen-bond donors (Lipinski definition) is 1. The van der Waals surface area contributed by atoms with Gasteiger partial charge < -0.3 is 5.73 Å². The van der Waals surface area contributed by atoms with Crippen LogP contribution in [-0.4, -0.2) is 0 Å². The molecule has 2 aromatic rings. The molecule has 0 aliphatic rings. The molecule has 0 saturated heterocycles. The molecule has 0 saturated carbocycles. The Morgan fingerprint density at radius 2 is 1.89 bits per heavy atom. The summed E-state index contributed by atoms with van der Waals surface area (Å²) < 4.78 is 0. The zero-order valence-electron chi connectivity index (χ0n) is 11.6. The van der Waals surface area contributed by atoms with E-state index in [4.69, 9.17) is 5.73 Å². The lowest BCUT2D eigenvalue weighted by molar-refractivity contribution is 0.685. The third-order valence-electron chi connectivity index (χ3n) is 3.24. The van der Waals surface area contributed by atoms with Crippen LogP contribution in [0.2, 0.25) is 0 Å². The molecule has 0 amide bonds. The molecule has 2 aromatic carbocycles. The first-order valence-electron chi connectivity index (χ1n) is 6.73. The summed E-state index contributed by atoms with van der Waals surface area (Å²) in [7, 11) is 0. The Morgan fingerprint density at radius 1 is 1.11 bits per heavy atom. The van der Waals surface area contributed by atoms with E-state index in [9.17, 15) is 0 Å². The van der Waals surface area contributed by atoms with Crippen molar-refractivity contribution in [3.8, 4) is 0 Å². The molecule has 19 heavy (non-hydrogen) atoms. The maximum absolute atomic E-state index is 6.17. The average Bonchev–Trinajstić information content (AvgIpc) is 2.45. The van der Waals surface area contributed by atoms with Crippen molar-refractivity contribution in [2.75, 3.05) is 0 Å². The van der Waals surface area contributed by atoms with E-state index in [2.05, 4.69) is 62.4 Å². The third kappa shape index (κ3) is 3.85. The van der Waals surface area contributed by atoms with Gasteiger partial charge in [0.15, 0.2) is 0 Å². The Hall–Kier alpha value is -1.25. The summed E-state index contributed by atoms with van der Waals surface area (Å²) in [4.78, 5) is 1.30. The minimum Gasteiger partial charge on any atom is -0.324 e. The monoisotopic (exact) mass is 271 g/mol. The molecule has 0 bridgehead atoms. The summed E-state index contributed by atoms with van der Waals surface area (Å²) >= 11 is 1.87. The molecule has 100 valence electrons. The molecule has 1 nitrogen and oxygen atoms in total. The summed E-state index contributed by atoms with van der Waals surface area (Å²) in [6, 6.07) is 17.3. The SMILES string of the molecule is CCC(N)c1ccccc1SCc1cccc(C)c1. The molecule has 0 aliphatic heterocycles. The van der Waals surface area contributed by atoms with Gasteiger partial charge in [-0.1, -0.05) is 55.0 Å². The summed E-state index contributed by atoms with van der Waals surface area (Å²) in [6.07, 6.45) is 0.974. The number of nitrogens with two attached hydrogens (primary N) is 1. The van der Waals surface area contributed by atoms with Gasteiger partial charge in [-0.15, -0.1) is 11.8 Å². The second kappa shape index (κ2) is 6.78. The van der Waals surface area contributed by atoms with E-state index in [0.29, 0.717) is 0 Å². The second-order valence-electron chi connectivity index (χ2n) is 4.83. The summed E-state index contributed by atoms with van der Waals surface area (Å²) in [5, 5.41) is 0. The maximum atomic E-state index is 6.17. The molecule has 0 radical (unpaired) electrons. The van der Waals surface area contributed by atoms with Gasteiger partial charge in [0.05, 0.1) is 0 Å². The summed E-state index contributed by atoms with van der Waals surface area (Å²) in [5.74, 6) is 0.995. The number of aryl methyl sites for hydroxylation is 1. The molecule has 2 N–H and O–H groups in total. The fourth-order valence-corrected chi connectivity index (χ4v) is 3.16. The molecule has 0 aromatic heterocycles. The van der Waals surface area contributed by atoms with Gasteiger partial charge in [-0.2, -0.15) is 0 Å². The molecule has 0 aliphatic carbocycles. The first kappa shape index (κ1) is 14.2. The standard InChI is InChI=1S/C17H21NS/c1-3-16(18)15-9-4-5-10-17(15)19-12-14-8-6-7-13(2)11-14/h4-11,16H,3,12,18H2,1-2H3. The van der Waals surface area contributed by atoms with Crippen molar-refractivity contribution in [2.45, 2.75) is 37.0 Å². The molecule has 2 heteroatoms. The van der Waals surface area contributed by atoms with Crippen molar-refractivity contribution in [1.82, 2.24) is 0 Å². The van der Waals surface area contributed by atoms with Crippen LogP contribution in [0.1, 0.15) is 36.1 Å². The van der Waals surface area contributed by atoms with E-state index in [1.54, 1.807) is 0 Å². The van der Waals surface area contributed by atoms with Gasteiger partial charge in [0.25, 0.3) is 0 Å². The fraction of sp³-hybridized carbons (Fsp3) is 0.294. The highest BCUT2D eigenvalue weighted by atomic mass is 32.2. The quantitative estimate of drug-likeness (QED) is 0.798. The lowest BCUT2D eigenvalue weighted by Gasteiger charge is -2.14. The van der Waals surface area contributed by atoms with Gasteiger partial charge in [-0.05, 0) is 30.5 Å². The lowest BCUT2D eigenvalue weighted by Crippen LogP contribution is -2.09. The van der Waals surface area contributed by atoms with Gasteiger partial charge in [0.2, 0.25) is 0 Å². The minimum atomic E-state index is 0.140. The number of benzene rings is 2. The molecule has 0 spiro atoms. The Bertz CT molecular complexity index is 536. The maximum Gasteiger partial charge on any atom is 0.0303 e. The predicted octanol–water partition coefficient (Wildman–Crippen LogP) is 4.70. The van der Waals surface area contributed by atoms with E-state index in [1.165, 1.54) is 21.6 Å². The topological polar surface area (TPSA) is 26.0 Å². The van der Waals surface area contributed by atoms with Crippen LogP contribution in [0.5, 0.6) is 0 Å². The van der Waals surface area contributed by atoms with E-state index >= 15 is 0 Å². The fourth-order valence-electron chi connectivity index (χ4n) is 2.10. The summed E-state index contributed by atoms with van der Waals surface area (Å²) in [6.45, 7) is 4.27. The van der Waals surface area contributed by atoms with Crippen molar-refractivity contribution >= 4 is 11.8 Å². The number of rotatable bonds is 5. The highest BCUT2D eigenvalue weighted by Gasteiger charge is 2.09. The zero-order valence-corrected chi connectivity index (χ0v) is 12.4. The van der Waals surface area contributed by atoms with E-state index in [-0.39, 0.29) is 6.04 Å². The number of thioether (sulfide) groups is 1. The van der Waals surface area contributed by atoms with Crippen LogP contribution in [0.4, 0.5) is 0 Å². The van der Waals surface area contributed by atoms with Crippen LogP contribution < -0.4 is 5.73 Å². The zero-order chi connectivity index (χ0) is 13.7. The first-order chi connectivity index (χ1) is 9.20. The predicted molar refractivity (Wildman–Crippen MR) is 84.4 cm³/mol. The lowest BCUT2D eigenvalue weighted by atomic mass is 10.1. The van der Waals surface area contributed by atoms with Crippen molar-refractivity contribution in [3.63, 3.8) is 0 Å². The van der Waals surface area contributed by atoms with E-state index in [1.807, 2.05) is 11.8 Å². The molecule has 2 rings (SSSR count). The van der Waals surface area contributed by atoms with Crippen molar-refractivity contribution in [3.05, 3.63) is 65.2 Å². The molecule has 0 heterocycles. The molecule has 0 fully saturated rings. The average molecular weight is 271 g/mol. The molecular formula is C17H21NS. The van der Waals surface area contributed by atoms with Gasteiger partial charge in [0, 0.05) is 16.7 Å².